The molecule has 3 N–H and O–H groups in total. The fourth-order valence-corrected chi connectivity index (χ4v) is 0.771. The minimum absolute atomic E-state index is 0.531. The Morgan fingerprint density at radius 2 is 2.62 bits per heavy atom. The Balaban J connectivity index is 2.13. The minimum atomic E-state index is 0.531. The van der Waals surface area contributed by atoms with Gasteiger partial charge in [-0.1, -0.05) is 0 Å². The number of nitrogens with two attached hydrogens (primary N) is 1. The third-order valence-corrected chi connectivity index (χ3v) is 1.32. The van der Waals surface area contributed by atoms with E-state index in [1.54, 1.807) is 0 Å². The number of hydrogen-bond donors (Lipinski definition) is 2. The molecule has 0 saturated carbocycles. The van der Waals surface area contributed by atoms with Gasteiger partial charge in [0, 0.05) is 12.5 Å². The molecule has 1 saturated heterocycles. The van der Waals surface area contributed by atoms with E-state index in [0.29, 0.717) is 12.6 Å². The quantitative estimate of drug-likeness (QED) is 0.468. The summed E-state index contributed by atoms with van der Waals surface area (Å²) in [5.41, 5.74) is 5.38. The third-order valence-electron chi connectivity index (χ3n) is 1.32. The van der Waals surface area contributed by atoms with Crippen molar-refractivity contribution in [2.24, 2.45) is 11.7 Å². The molecule has 0 aromatic carbocycles. The zero-order chi connectivity index (χ0) is 5.82. The van der Waals surface area contributed by atoms with Gasteiger partial charge in [0.25, 0.3) is 0 Å². The van der Waals surface area contributed by atoms with Gasteiger partial charge in [0.1, 0.15) is 0 Å². The highest BCUT2D eigenvalue weighted by molar-refractivity contribution is 4.63. The van der Waals surface area contributed by atoms with Crippen LogP contribution in [0.25, 0.3) is 0 Å². The fraction of sp³-hybridized carbons (Fsp3) is 1.00. The van der Waals surface area contributed by atoms with Gasteiger partial charge in [0.2, 0.25) is 0 Å². The molecule has 1 aliphatic heterocycles. The van der Waals surface area contributed by atoms with Crippen LogP contribution in [0, 0.1) is 5.92 Å². The standard InChI is InChI=1S/C5H12N2O/c6-1-5-2-7-4-8-3-5/h5,7H,1-4,6H2. The first-order valence-electron chi connectivity index (χ1n) is 2.92. The molecule has 3 heteroatoms. The maximum absolute atomic E-state index is 5.38. The molecule has 0 radical (unpaired) electrons. The second kappa shape index (κ2) is 3.02. The predicted octanol–water partition coefficient (Wildman–Crippen LogP) is -0.861. The molecule has 0 aromatic rings. The summed E-state index contributed by atoms with van der Waals surface area (Å²) in [6.07, 6.45) is 0. The molecule has 0 amide bonds. The lowest BCUT2D eigenvalue weighted by Crippen LogP contribution is -2.38. The summed E-state index contributed by atoms with van der Waals surface area (Å²) in [4.78, 5) is 0. The molecule has 1 aliphatic rings. The van der Waals surface area contributed by atoms with Crippen molar-refractivity contribution in [1.29, 1.82) is 0 Å². The molecule has 3 nitrogen and oxygen atoms in total. The number of ether oxygens (including phenoxy) is 1. The van der Waals surface area contributed by atoms with Gasteiger partial charge in [0.15, 0.2) is 0 Å². The lowest BCUT2D eigenvalue weighted by Gasteiger charge is -2.20. The van der Waals surface area contributed by atoms with Gasteiger partial charge in [-0.2, -0.15) is 0 Å². The van der Waals surface area contributed by atoms with Crippen molar-refractivity contribution in [2.75, 3.05) is 26.4 Å². The van der Waals surface area contributed by atoms with Crippen LogP contribution in [0.2, 0.25) is 0 Å². The average Bonchev–Trinajstić information content (AvgIpc) is 1.90. The zero-order valence-corrected chi connectivity index (χ0v) is 4.89. The summed E-state index contributed by atoms with van der Waals surface area (Å²) in [6.45, 7) is 3.25. The van der Waals surface area contributed by atoms with E-state index in [4.69, 9.17) is 10.5 Å². The maximum Gasteiger partial charge on any atom is 0.0965 e. The van der Waals surface area contributed by atoms with E-state index in [1.807, 2.05) is 0 Å². The van der Waals surface area contributed by atoms with Crippen LogP contribution >= 0.6 is 0 Å². The first-order valence-corrected chi connectivity index (χ1v) is 2.92. The Labute approximate surface area is 49.2 Å². The third kappa shape index (κ3) is 1.43. The second-order valence-corrected chi connectivity index (χ2v) is 2.07. The number of hydrogen-bond acceptors (Lipinski definition) is 3. The van der Waals surface area contributed by atoms with Crippen LogP contribution < -0.4 is 11.1 Å². The van der Waals surface area contributed by atoms with Crippen LogP contribution in [-0.2, 0) is 4.74 Å². The van der Waals surface area contributed by atoms with Crippen LogP contribution in [0.4, 0.5) is 0 Å². The highest BCUT2D eigenvalue weighted by Crippen LogP contribution is 1.96. The van der Waals surface area contributed by atoms with Crippen molar-refractivity contribution in [3.05, 3.63) is 0 Å². The largest absolute Gasteiger partial charge is 0.366 e. The van der Waals surface area contributed by atoms with Crippen molar-refractivity contribution in [2.45, 2.75) is 0 Å². The van der Waals surface area contributed by atoms with Gasteiger partial charge in [0.05, 0.1) is 13.3 Å². The molecule has 1 atom stereocenters. The molecule has 0 aliphatic carbocycles. The van der Waals surface area contributed by atoms with Crippen LogP contribution in [0.3, 0.4) is 0 Å². The number of nitrogens with one attached hydrogen (secondary N) is 1. The Kier molecular flexibility index (Phi) is 2.27. The predicted molar refractivity (Wildman–Crippen MR) is 31.4 cm³/mol. The van der Waals surface area contributed by atoms with Crippen molar-refractivity contribution < 1.29 is 4.74 Å². The molecule has 1 rings (SSSR count). The molecular formula is C5H12N2O. The van der Waals surface area contributed by atoms with E-state index >= 15 is 0 Å². The second-order valence-electron chi connectivity index (χ2n) is 2.07. The lowest BCUT2D eigenvalue weighted by atomic mass is 10.1. The summed E-state index contributed by atoms with van der Waals surface area (Å²) in [6, 6.07) is 0. The first-order chi connectivity index (χ1) is 3.93. The van der Waals surface area contributed by atoms with Crippen LogP contribution in [0.1, 0.15) is 0 Å². The summed E-state index contributed by atoms with van der Waals surface area (Å²) >= 11 is 0. The molecule has 8 heavy (non-hydrogen) atoms. The fourth-order valence-electron chi connectivity index (χ4n) is 0.771. The van der Waals surface area contributed by atoms with Gasteiger partial charge in [-0.3, -0.25) is 5.32 Å². The van der Waals surface area contributed by atoms with Crippen molar-refractivity contribution in [3.63, 3.8) is 0 Å². The summed E-state index contributed by atoms with van der Waals surface area (Å²) in [5, 5.41) is 3.08. The van der Waals surface area contributed by atoms with Gasteiger partial charge in [-0.05, 0) is 6.54 Å². The molecule has 1 unspecified atom stereocenters. The average molecular weight is 116 g/mol. The first kappa shape index (κ1) is 6.01. The minimum Gasteiger partial charge on any atom is -0.366 e. The topological polar surface area (TPSA) is 47.3 Å². The van der Waals surface area contributed by atoms with E-state index in [9.17, 15) is 0 Å². The monoisotopic (exact) mass is 116 g/mol. The van der Waals surface area contributed by atoms with E-state index in [-0.39, 0.29) is 0 Å². The maximum atomic E-state index is 5.38. The molecule has 0 bridgehead atoms. The summed E-state index contributed by atoms with van der Waals surface area (Å²) in [5.74, 6) is 0.531. The molecule has 1 fully saturated rings. The molecule has 48 valence electrons. The van der Waals surface area contributed by atoms with Gasteiger partial charge >= 0.3 is 0 Å². The van der Waals surface area contributed by atoms with Gasteiger partial charge in [-0.15, -0.1) is 0 Å². The van der Waals surface area contributed by atoms with E-state index < -0.39 is 0 Å². The van der Waals surface area contributed by atoms with E-state index in [2.05, 4.69) is 5.32 Å². The SMILES string of the molecule is NCC1CNCOC1. The van der Waals surface area contributed by atoms with Crippen molar-refractivity contribution in [1.82, 2.24) is 5.32 Å². The van der Waals surface area contributed by atoms with E-state index in [1.165, 1.54) is 0 Å². The zero-order valence-electron chi connectivity index (χ0n) is 4.89. The molecule has 0 aromatic heterocycles. The van der Waals surface area contributed by atoms with Crippen LogP contribution in [-0.4, -0.2) is 26.4 Å². The smallest absolute Gasteiger partial charge is 0.0965 e. The van der Waals surface area contributed by atoms with Crippen molar-refractivity contribution >= 4 is 0 Å². The summed E-state index contributed by atoms with van der Waals surface area (Å²) in [7, 11) is 0. The highest BCUT2D eigenvalue weighted by Gasteiger charge is 2.09. The number of rotatable bonds is 1. The summed E-state index contributed by atoms with van der Waals surface area (Å²) < 4.78 is 5.08. The van der Waals surface area contributed by atoms with Crippen LogP contribution in [0.5, 0.6) is 0 Å². The van der Waals surface area contributed by atoms with Gasteiger partial charge < -0.3 is 10.5 Å². The Morgan fingerprint density at radius 1 is 1.75 bits per heavy atom. The molecule has 1 heterocycles. The molecular weight excluding hydrogens is 104 g/mol. The highest BCUT2D eigenvalue weighted by atomic mass is 16.5. The Morgan fingerprint density at radius 3 is 3.00 bits per heavy atom. The van der Waals surface area contributed by atoms with Gasteiger partial charge in [-0.25, -0.2) is 0 Å². The Hall–Kier alpha value is -0.120. The van der Waals surface area contributed by atoms with Crippen LogP contribution in [0.15, 0.2) is 0 Å². The Bertz CT molecular complexity index is 61.4. The van der Waals surface area contributed by atoms with E-state index in [0.717, 1.165) is 19.7 Å². The lowest BCUT2D eigenvalue weighted by molar-refractivity contribution is 0.0490. The normalized spacial score (nSPS) is 30.4. The van der Waals surface area contributed by atoms with Crippen molar-refractivity contribution in [3.8, 4) is 0 Å². The molecule has 0 spiro atoms.